The first-order chi connectivity index (χ1) is 13.6. The van der Waals surface area contributed by atoms with Crippen molar-refractivity contribution in [2.24, 2.45) is 0 Å². The summed E-state index contributed by atoms with van der Waals surface area (Å²) in [6, 6.07) is 13.2. The van der Waals surface area contributed by atoms with Gasteiger partial charge in [-0.15, -0.1) is 0 Å². The number of hydrogen-bond acceptors (Lipinski definition) is 5. The molecule has 0 unspecified atom stereocenters. The van der Waals surface area contributed by atoms with Crippen LogP contribution >= 0.6 is 0 Å². The fourth-order valence-corrected chi connectivity index (χ4v) is 2.69. The first-order valence-corrected chi connectivity index (χ1v) is 9.17. The van der Waals surface area contributed by atoms with E-state index in [0.717, 1.165) is 23.1 Å². The Kier molecular flexibility index (Phi) is 6.68. The van der Waals surface area contributed by atoms with Crippen molar-refractivity contribution in [1.29, 1.82) is 0 Å². The van der Waals surface area contributed by atoms with Gasteiger partial charge in [0.25, 0.3) is 5.91 Å². The fraction of sp³-hybridized carbons (Fsp3) is 0.273. The van der Waals surface area contributed by atoms with Crippen LogP contribution in [0.1, 0.15) is 23.1 Å². The Labute approximate surface area is 164 Å². The van der Waals surface area contributed by atoms with Crippen molar-refractivity contribution in [3.63, 3.8) is 0 Å². The van der Waals surface area contributed by atoms with Gasteiger partial charge in [0.1, 0.15) is 0 Å². The zero-order valence-electron chi connectivity index (χ0n) is 15.8. The first kappa shape index (κ1) is 19.5. The van der Waals surface area contributed by atoms with Gasteiger partial charge in [0.2, 0.25) is 0 Å². The van der Waals surface area contributed by atoms with Crippen LogP contribution in [0.5, 0.6) is 11.5 Å². The van der Waals surface area contributed by atoms with E-state index in [0.29, 0.717) is 31.3 Å². The van der Waals surface area contributed by atoms with Gasteiger partial charge < -0.3 is 19.5 Å². The second-order valence-electron chi connectivity index (χ2n) is 6.40. The summed E-state index contributed by atoms with van der Waals surface area (Å²) >= 11 is 0. The van der Waals surface area contributed by atoms with Gasteiger partial charge in [0.15, 0.2) is 18.1 Å². The van der Waals surface area contributed by atoms with Gasteiger partial charge >= 0.3 is 5.97 Å². The van der Waals surface area contributed by atoms with Gasteiger partial charge in [-0.2, -0.15) is 0 Å². The molecule has 0 bridgehead atoms. The lowest BCUT2D eigenvalue weighted by atomic mass is 10.1. The predicted octanol–water partition coefficient (Wildman–Crippen LogP) is 3.03. The fourth-order valence-electron chi connectivity index (χ4n) is 2.69. The first-order valence-electron chi connectivity index (χ1n) is 9.17. The molecule has 0 spiro atoms. The van der Waals surface area contributed by atoms with Gasteiger partial charge in [-0.3, -0.25) is 4.79 Å². The standard InChI is InChI=1S/C22H23NO5/c1-16-5-2-3-6-18(16)14-23-21(24)15-28-22(25)10-8-17-7-9-19-20(13-17)27-12-4-11-26-19/h2-3,5-10,13H,4,11-12,14-15H2,1H3,(H,23,24)/b10-8+. The Bertz CT molecular complexity index is 875. The zero-order valence-corrected chi connectivity index (χ0v) is 15.8. The van der Waals surface area contributed by atoms with Crippen LogP contribution in [0.25, 0.3) is 6.08 Å². The minimum absolute atomic E-state index is 0.323. The van der Waals surface area contributed by atoms with Crippen LogP contribution in [0.4, 0.5) is 0 Å². The maximum atomic E-state index is 11.9. The van der Waals surface area contributed by atoms with Gasteiger partial charge in [-0.25, -0.2) is 4.79 Å². The second-order valence-corrected chi connectivity index (χ2v) is 6.40. The number of aryl methyl sites for hydroxylation is 1. The van der Waals surface area contributed by atoms with E-state index in [1.54, 1.807) is 12.1 Å². The Morgan fingerprint density at radius 2 is 1.89 bits per heavy atom. The maximum absolute atomic E-state index is 11.9. The van der Waals surface area contributed by atoms with Crippen LogP contribution in [0, 0.1) is 6.92 Å². The summed E-state index contributed by atoms with van der Waals surface area (Å²) in [6.45, 7) is 3.28. The molecule has 146 valence electrons. The smallest absolute Gasteiger partial charge is 0.331 e. The highest BCUT2D eigenvalue weighted by molar-refractivity contribution is 5.89. The molecular weight excluding hydrogens is 358 g/mol. The average Bonchev–Trinajstić information content (AvgIpc) is 2.95. The quantitative estimate of drug-likeness (QED) is 0.615. The Hall–Kier alpha value is -3.28. The molecule has 2 aromatic carbocycles. The lowest BCUT2D eigenvalue weighted by Gasteiger charge is -2.08. The molecule has 0 radical (unpaired) electrons. The predicted molar refractivity (Wildman–Crippen MR) is 105 cm³/mol. The highest BCUT2D eigenvalue weighted by Crippen LogP contribution is 2.30. The molecule has 1 aliphatic heterocycles. The summed E-state index contributed by atoms with van der Waals surface area (Å²) < 4.78 is 16.2. The summed E-state index contributed by atoms with van der Waals surface area (Å²) in [6.07, 6.45) is 3.73. The topological polar surface area (TPSA) is 73.9 Å². The molecule has 0 atom stereocenters. The molecule has 0 saturated carbocycles. The largest absolute Gasteiger partial charge is 0.490 e. The number of rotatable bonds is 6. The minimum atomic E-state index is -0.585. The van der Waals surface area contributed by atoms with E-state index in [-0.39, 0.29) is 12.5 Å². The third-order valence-corrected chi connectivity index (χ3v) is 4.27. The van der Waals surface area contributed by atoms with E-state index in [9.17, 15) is 9.59 Å². The van der Waals surface area contributed by atoms with E-state index < -0.39 is 5.97 Å². The second kappa shape index (κ2) is 9.60. The van der Waals surface area contributed by atoms with Crippen molar-refractivity contribution in [1.82, 2.24) is 5.32 Å². The van der Waals surface area contributed by atoms with Crippen molar-refractivity contribution < 1.29 is 23.8 Å². The van der Waals surface area contributed by atoms with Gasteiger partial charge in [-0.1, -0.05) is 30.3 Å². The molecule has 0 saturated heterocycles. The van der Waals surface area contributed by atoms with Crippen LogP contribution in [0.3, 0.4) is 0 Å². The number of carbonyl (C=O) groups excluding carboxylic acids is 2. The zero-order chi connectivity index (χ0) is 19.8. The highest BCUT2D eigenvalue weighted by Gasteiger charge is 2.10. The van der Waals surface area contributed by atoms with E-state index in [1.165, 1.54) is 6.08 Å². The molecule has 0 fully saturated rings. The Balaban J connectivity index is 1.45. The normalized spacial score (nSPS) is 13.0. The van der Waals surface area contributed by atoms with Crippen molar-refractivity contribution in [2.45, 2.75) is 19.9 Å². The van der Waals surface area contributed by atoms with Crippen molar-refractivity contribution >= 4 is 18.0 Å². The summed E-state index contributed by atoms with van der Waals surface area (Å²) in [5.41, 5.74) is 2.90. The number of nitrogens with one attached hydrogen (secondary N) is 1. The third kappa shape index (κ3) is 5.61. The lowest BCUT2D eigenvalue weighted by Crippen LogP contribution is -2.28. The van der Waals surface area contributed by atoms with E-state index >= 15 is 0 Å². The number of ether oxygens (including phenoxy) is 3. The molecule has 0 aliphatic carbocycles. The molecule has 3 rings (SSSR count). The molecule has 6 heteroatoms. The van der Waals surface area contributed by atoms with Gasteiger partial charge in [0.05, 0.1) is 13.2 Å². The molecular formula is C22H23NO5. The van der Waals surface area contributed by atoms with E-state index in [2.05, 4.69) is 5.32 Å². The van der Waals surface area contributed by atoms with Crippen LogP contribution < -0.4 is 14.8 Å². The van der Waals surface area contributed by atoms with Crippen LogP contribution in [0.2, 0.25) is 0 Å². The van der Waals surface area contributed by atoms with Crippen LogP contribution in [0.15, 0.2) is 48.5 Å². The summed E-state index contributed by atoms with van der Waals surface area (Å²) in [4.78, 5) is 23.7. The lowest BCUT2D eigenvalue weighted by molar-refractivity contribution is -0.143. The monoisotopic (exact) mass is 381 g/mol. The molecule has 0 aromatic heterocycles. The van der Waals surface area contributed by atoms with E-state index in [4.69, 9.17) is 14.2 Å². The Morgan fingerprint density at radius 3 is 2.71 bits per heavy atom. The highest BCUT2D eigenvalue weighted by atomic mass is 16.5. The minimum Gasteiger partial charge on any atom is -0.490 e. The van der Waals surface area contributed by atoms with Crippen molar-refractivity contribution in [3.05, 3.63) is 65.2 Å². The molecule has 2 aromatic rings. The number of benzene rings is 2. The van der Waals surface area contributed by atoms with Crippen LogP contribution in [-0.2, 0) is 20.9 Å². The van der Waals surface area contributed by atoms with Crippen molar-refractivity contribution in [2.75, 3.05) is 19.8 Å². The maximum Gasteiger partial charge on any atom is 0.331 e. The molecule has 6 nitrogen and oxygen atoms in total. The third-order valence-electron chi connectivity index (χ3n) is 4.27. The molecule has 28 heavy (non-hydrogen) atoms. The van der Waals surface area contributed by atoms with E-state index in [1.807, 2.05) is 43.3 Å². The number of amides is 1. The Morgan fingerprint density at radius 1 is 1.11 bits per heavy atom. The SMILES string of the molecule is Cc1ccccc1CNC(=O)COC(=O)/C=C/c1ccc2c(c1)OCCCO2. The number of hydrogen-bond donors (Lipinski definition) is 1. The van der Waals surface area contributed by atoms with Crippen LogP contribution in [-0.4, -0.2) is 31.7 Å². The molecule has 1 N–H and O–H groups in total. The van der Waals surface area contributed by atoms with Gasteiger partial charge in [0, 0.05) is 19.0 Å². The molecule has 1 amide bonds. The van der Waals surface area contributed by atoms with Crippen molar-refractivity contribution in [3.8, 4) is 11.5 Å². The molecule has 1 aliphatic rings. The summed E-state index contributed by atoms with van der Waals surface area (Å²) in [5, 5.41) is 2.74. The van der Waals surface area contributed by atoms with Gasteiger partial charge in [-0.05, 0) is 41.8 Å². The summed E-state index contributed by atoms with van der Waals surface area (Å²) in [5.74, 6) is 0.421. The number of esters is 1. The number of carbonyl (C=O) groups is 2. The molecule has 1 heterocycles. The average molecular weight is 381 g/mol. The number of fused-ring (bicyclic) bond motifs is 1. The summed E-state index contributed by atoms with van der Waals surface area (Å²) in [7, 11) is 0.